The molecule has 16 heteroatoms. The van der Waals surface area contributed by atoms with Crippen LogP contribution in [-0.2, 0) is 13.1 Å². The maximum atomic E-state index is 13.9. The van der Waals surface area contributed by atoms with Gasteiger partial charge in [0, 0.05) is 0 Å². The molecule has 1 aromatic heterocycles. The average Bonchev–Trinajstić information content (AvgIpc) is 3.26. The quantitative estimate of drug-likeness (QED) is 0.134. The lowest BCUT2D eigenvalue weighted by molar-refractivity contribution is -0.145. The van der Waals surface area contributed by atoms with E-state index in [0.29, 0.717) is 11.1 Å². The summed E-state index contributed by atoms with van der Waals surface area (Å²) in [4.78, 5) is 54.2. The van der Waals surface area contributed by atoms with Gasteiger partial charge in [-0.15, -0.1) is 10.2 Å². The Morgan fingerprint density at radius 2 is 1.24 bits per heavy atom. The normalized spacial score (nSPS) is 13.6. The summed E-state index contributed by atoms with van der Waals surface area (Å²) in [6.07, 6.45) is -10.3. The third-order valence-corrected chi connectivity index (χ3v) is 6.90. The minimum absolute atomic E-state index is 0.109. The number of ether oxygens (including phenoxy) is 1. The molecule has 2 heterocycles. The fraction of sp³-hybridized carbons (Fsp3) is 0.200. The van der Waals surface area contributed by atoms with Crippen molar-refractivity contribution in [3.05, 3.63) is 122 Å². The molecule has 0 saturated heterocycles. The molecular weight excluding hydrogens is 624 g/mol. The molecule has 238 valence electrons. The number of carbonyl (C=O) groups is 2. The lowest BCUT2D eigenvalue weighted by Gasteiger charge is -2.27. The van der Waals surface area contributed by atoms with Gasteiger partial charge in [0.1, 0.15) is 13.1 Å². The highest BCUT2D eigenvalue weighted by molar-refractivity contribution is 6.23. The third kappa shape index (κ3) is 6.18. The lowest BCUT2D eigenvalue weighted by atomic mass is 9.97. The van der Waals surface area contributed by atoms with E-state index in [9.17, 15) is 45.5 Å². The fourth-order valence-corrected chi connectivity index (χ4v) is 5.06. The highest BCUT2D eigenvalue weighted by Crippen LogP contribution is 2.39. The number of halogens is 6. The van der Waals surface area contributed by atoms with Gasteiger partial charge in [0.15, 0.2) is 0 Å². The van der Waals surface area contributed by atoms with E-state index in [4.69, 9.17) is 4.74 Å². The van der Waals surface area contributed by atoms with Gasteiger partial charge in [0.05, 0.1) is 30.0 Å². The van der Waals surface area contributed by atoms with Crippen molar-refractivity contribution in [3.8, 4) is 5.88 Å². The fourth-order valence-electron chi connectivity index (χ4n) is 5.06. The van der Waals surface area contributed by atoms with Crippen LogP contribution in [0.15, 0.2) is 98.7 Å². The van der Waals surface area contributed by atoms with Crippen molar-refractivity contribution in [2.75, 3.05) is 7.11 Å². The van der Waals surface area contributed by atoms with Gasteiger partial charge in [-0.2, -0.15) is 26.3 Å². The van der Waals surface area contributed by atoms with E-state index in [0.717, 1.165) is 12.0 Å². The number of aromatic nitrogens is 2. The van der Waals surface area contributed by atoms with Gasteiger partial charge in [0.2, 0.25) is 11.6 Å². The molecule has 46 heavy (non-hydrogen) atoms. The molecule has 0 radical (unpaired) electrons. The topological polar surface area (TPSA) is 115 Å². The number of fused-ring (bicyclic) bond motifs is 1. The molecule has 0 bridgehead atoms. The van der Waals surface area contributed by atoms with Crippen LogP contribution in [0.2, 0.25) is 0 Å². The summed E-state index contributed by atoms with van der Waals surface area (Å²) in [5.74, 6) is -2.64. The van der Waals surface area contributed by atoms with Crippen molar-refractivity contribution in [1.82, 2.24) is 14.0 Å². The van der Waals surface area contributed by atoms with E-state index in [-0.39, 0.29) is 21.4 Å². The predicted octanol–water partition coefficient (Wildman–Crippen LogP) is 5.94. The lowest BCUT2D eigenvalue weighted by Crippen LogP contribution is -2.44. The Hall–Kier alpha value is -5.54. The number of carbonyl (C=O) groups excluding carboxylic acids is 2. The molecule has 0 aliphatic carbocycles. The molecule has 0 N–H and O–H groups in total. The van der Waals surface area contributed by atoms with E-state index in [2.05, 4.69) is 10.2 Å². The summed E-state index contributed by atoms with van der Waals surface area (Å²) in [5, 5.41) is 7.38. The number of amides is 2. The molecule has 1 aliphatic rings. The SMILES string of the molecule is COc1c(N=Nc2cccc3c2C(=O)N(C(c2ccccc2)c2ccccc2)C3=O)c(=O)n(CC(F)(F)F)c(=O)n1CC(F)(F)F. The second-order valence-electron chi connectivity index (χ2n) is 9.95. The molecule has 0 saturated carbocycles. The van der Waals surface area contributed by atoms with Crippen LogP contribution < -0.4 is 16.0 Å². The van der Waals surface area contributed by atoms with E-state index >= 15 is 0 Å². The molecule has 3 aromatic carbocycles. The maximum absolute atomic E-state index is 13.9. The van der Waals surface area contributed by atoms with Crippen LogP contribution in [0, 0.1) is 0 Å². The molecule has 10 nitrogen and oxygen atoms in total. The van der Waals surface area contributed by atoms with Gasteiger partial charge in [-0.1, -0.05) is 66.7 Å². The van der Waals surface area contributed by atoms with E-state index < -0.39 is 70.7 Å². The number of azo groups is 1. The van der Waals surface area contributed by atoms with Gasteiger partial charge in [-0.3, -0.25) is 23.9 Å². The third-order valence-electron chi connectivity index (χ3n) is 6.90. The Balaban J connectivity index is 1.64. The molecule has 1 aliphatic heterocycles. The maximum Gasteiger partial charge on any atom is 0.406 e. The molecular formula is C30H21F6N5O5. The van der Waals surface area contributed by atoms with Crippen LogP contribution in [0.4, 0.5) is 37.7 Å². The Bertz CT molecular complexity index is 1910. The monoisotopic (exact) mass is 645 g/mol. The van der Waals surface area contributed by atoms with Crippen molar-refractivity contribution in [2.45, 2.75) is 31.5 Å². The standard InChI is InChI=1S/C30H21F6N5O5/c1-46-27-22(26(44)39(15-29(31,32)33)28(45)40(27)16-30(34,35)36)38-37-20-14-8-13-19-21(20)25(43)41(24(19)42)23(17-9-4-2-5-10-17)18-11-6-3-7-12-18/h2-14,23H,15-16H2,1H3. The van der Waals surface area contributed by atoms with Crippen LogP contribution in [0.5, 0.6) is 5.88 Å². The van der Waals surface area contributed by atoms with Crippen LogP contribution in [0.3, 0.4) is 0 Å². The molecule has 0 fully saturated rings. The largest absolute Gasteiger partial charge is 0.480 e. The van der Waals surface area contributed by atoms with Crippen LogP contribution in [0.25, 0.3) is 0 Å². The Morgan fingerprint density at radius 3 is 1.76 bits per heavy atom. The molecule has 0 unspecified atom stereocenters. The van der Waals surface area contributed by atoms with Gasteiger partial charge in [0.25, 0.3) is 17.4 Å². The van der Waals surface area contributed by atoms with Gasteiger partial charge in [-0.05, 0) is 23.3 Å². The van der Waals surface area contributed by atoms with E-state index in [1.807, 2.05) is 0 Å². The summed E-state index contributed by atoms with van der Waals surface area (Å²) >= 11 is 0. The minimum Gasteiger partial charge on any atom is -0.480 e. The first-order valence-corrected chi connectivity index (χ1v) is 13.3. The summed E-state index contributed by atoms with van der Waals surface area (Å²) < 4.78 is 83.7. The smallest absolute Gasteiger partial charge is 0.406 e. The van der Waals surface area contributed by atoms with Crippen molar-refractivity contribution >= 4 is 23.2 Å². The molecule has 2 amide bonds. The highest BCUT2D eigenvalue weighted by Gasteiger charge is 2.43. The highest BCUT2D eigenvalue weighted by atomic mass is 19.4. The number of nitrogens with zero attached hydrogens (tertiary/aromatic N) is 5. The number of methoxy groups -OCH3 is 1. The van der Waals surface area contributed by atoms with Crippen molar-refractivity contribution in [1.29, 1.82) is 0 Å². The summed E-state index contributed by atoms with van der Waals surface area (Å²) in [6.45, 7) is -4.34. The van der Waals surface area contributed by atoms with Gasteiger partial charge < -0.3 is 4.74 Å². The number of alkyl halides is 6. The van der Waals surface area contributed by atoms with Gasteiger partial charge >= 0.3 is 18.0 Å². The van der Waals surface area contributed by atoms with Crippen LogP contribution >= 0.6 is 0 Å². The molecule has 0 spiro atoms. The predicted molar refractivity (Wildman–Crippen MR) is 149 cm³/mol. The van der Waals surface area contributed by atoms with Gasteiger partial charge in [-0.25, -0.2) is 9.36 Å². The Morgan fingerprint density at radius 1 is 0.696 bits per heavy atom. The number of hydrogen-bond acceptors (Lipinski definition) is 7. The molecule has 5 rings (SSSR count). The van der Waals surface area contributed by atoms with Crippen LogP contribution in [-0.4, -0.2) is 45.3 Å². The zero-order chi connectivity index (χ0) is 33.4. The summed E-state index contributed by atoms with van der Waals surface area (Å²) in [7, 11) is 0.780. The first-order chi connectivity index (χ1) is 21.7. The molecule has 0 atom stereocenters. The Kier molecular flexibility index (Phi) is 8.38. The number of rotatable bonds is 8. The zero-order valence-electron chi connectivity index (χ0n) is 23.5. The molecule has 4 aromatic rings. The zero-order valence-corrected chi connectivity index (χ0v) is 23.5. The number of imide groups is 1. The average molecular weight is 646 g/mol. The first-order valence-electron chi connectivity index (χ1n) is 13.3. The number of hydrogen-bond donors (Lipinski definition) is 0. The van der Waals surface area contributed by atoms with Crippen molar-refractivity contribution < 1.29 is 40.7 Å². The van der Waals surface area contributed by atoms with Crippen molar-refractivity contribution in [2.24, 2.45) is 10.2 Å². The Labute approximate surface area is 254 Å². The first kappa shape index (κ1) is 31.9. The van der Waals surface area contributed by atoms with E-state index in [1.165, 1.54) is 18.2 Å². The summed E-state index contributed by atoms with van der Waals surface area (Å²) in [5.41, 5.74) is -4.38. The van der Waals surface area contributed by atoms with E-state index in [1.54, 1.807) is 60.7 Å². The summed E-state index contributed by atoms with van der Waals surface area (Å²) in [6, 6.07) is 20.2. The second-order valence-corrected chi connectivity index (χ2v) is 9.95. The number of benzene rings is 3. The minimum atomic E-state index is -5.17. The van der Waals surface area contributed by atoms with Crippen LogP contribution in [0.1, 0.15) is 37.9 Å². The second kappa shape index (κ2) is 12.1. The van der Waals surface area contributed by atoms with Crippen molar-refractivity contribution in [3.63, 3.8) is 0 Å².